The summed E-state index contributed by atoms with van der Waals surface area (Å²) in [5.41, 5.74) is 0.995. The number of nitrogens with two attached hydrogens (primary N) is 1. The monoisotopic (exact) mass is 270 g/mol. The van der Waals surface area contributed by atoms with Gasteiger partial charge in [0.15, 0.2) is 0 Å². The second-order valence-electron chi connectivity index (χ2n) is 4.49. The van der Waals surface area contributed by atoms with E-state index in [-0.39, 0.29) is 4.90 Å². The van der Waals surface area contributed by atoms with Gasteiger partial charge in [-0.25, -0.2) is 13.6 Å². The van der Waals surface area contributed by atoms with E-state index in [4.69, 9.17) is 9.88 Å². The molecule has 18 heavy (non-hydrogen) atoms. The van der Waals surface area contributed by atoms with Crippen LogP contribution in [0.2, 0.25) is 0 Å². The maximum absolute atomic E-state index is 11.2. The Bertz CT molecular complexity index is 493. The molecule has 2 N–H and O–H groups in total. The molecule has 100 valence electrons. The second-order valence-corrected chi connectivity index (χ2v) is 6.05. The lowest BCUT2D eigenvalue weighted by Gasteiger charge is -2.32. The van der Waals surface area contributed by atoms with Crippen molar-refractivity contribution in [3.8, 4) is 0 Å². The third-order valence-electron chi connectivity index (χ3n) is 3.31. The minimum absolute atomic E-state index is 0.145. The maximum Gasteiger partial charge on any atom is 0.238 e. The molecule has 1 heterocycles. The molecule has 0 atom stereocenters. The molecule has 6 heteroatoms. The Morgan fingerprint density at radius 2 is 1.78 bits per heavy atom. The molecule has 0 unspecified atom stereocenters. The Hall–Kier alpha value is -1.11. The standard InChI is InChI=1S/C12H18N2O3S/c1-14(11-6-8-17-9-7-11)10-2-4-12(5-3-10)18(13,15)16/h2-5,11H,6-9H2,1H3,(H2,13,15,16). The zero-order chi connectivity index (χ0) is 13.2. The number of hydrogen-bond acceptors (Lipinski definition) is 4. The highest BCUT2D eigenvalue weighted by Crippen LogP contribution is 2.22. The largest absolute Gasteiger partial charge is 0.381 e. The Morgan fingerprint density at radius 3 is 2.28 bits per heavy atom. The van der Waals surface area contributed by atoms with Crippen molar-refractivity contribution in [3.05, 3.63) is 24.3 Å². The molecule has 5 nitrogen and oxygen atoms in total. The number of primary sulfonamides is 1. The number of benzene rings is 1. The summed E-state index contributed by atoms with van der Waals surface area (Å²) in [5.74, 6) is 0. The van der Waals surface area contributed by atoms with Gasteiger partial charge >= 0.3 is 0 Å². The molecular formula is C12H18N2O3S. The van der Waals surface area contributed by atoms with E-state index in [2.05, 4.69) is 4.90 Å². The Morgan fingerprint density at radius 1 is 1.22 bits per heavy atom. The van der Waals surface area contributed by atoms with E-state index in [0.29, 0.717) is 6.04 Å². The summed E-state index contributed by atoms with van der Waals surface area (Å²) in [5, 5.41) is 5.07. The van der Waals surface area contributed by atoms with Crippen molar-refractivity contribution >= 4 is 15.7 Å². The summed E-state index contributed by atoms with van der Waals surface area (Å²) in [4.78, 5) is 2.31. The maximum atomic E-state index is 11.2. The van der Waals surface area contributed by atoms with Crippen molar-refractivity contribution in [2.45, 2.75) is 23.8 Å². The van der Waals surface area contributed by atoms with Crippen LogP contribution < -0.4 is 10.0 Å². The van der Waals surface area contributed by atoms with E-state index in [9.17, 15) is 8.42 Å². The minimum Gasteiger partial charge on any atom is -0.381 e. The molecule has 0 saturated carbocycles. The predicted molar refractivity (Wildman–Crippen MR) is 70.1 cm³/mol. The fourth-order valence-electron chi connectivity index (χ4n) is 2.15. The fraction of sp³-hybridized carbons (Fsp3) is 0.500. The van der Waals surface area contributed by atoms with Gasteiger partial charge in [0.05, 0.1) is 4.90 Å². The van der Waals surface area contributed by atoms with Crippen LogP contribution in [0.5, 0.6) is 0 Å². The third kappa shape index (κ3) is 3.01. The molecule has 0 bridgehead atoms. The zero-order valence-electron chi connectivity index (χ0n) is 10.4. The molecule has 0 aromatic heterocycles. The number of ether oxygens (including phenoxy) is 1. The van der Waals surface area contributed by atoms with Gasteiger partial charge in [-0.05, 0) is 37.1 Å². The molecule has 0 radical (unpaired) electrons. The Balaban J connectivity index is 2.13. The second kappa shape index (κ2) is 5.26. The molecular weight excluding hydrogens is 252 g/mol. The summed E-state index contributed by atoms with van der Waals surface area (Å²) in [7, 11) is -1.59. The average Bonchev–Trinajstić information content (AvgIpc) is 2.38. The summed E-state index contributed by atoms with van der Waals surface area (Å²) < 4.78 is 27.7. The number of nitrogens with zero attached hydrogens (tertiary/aromatic N) is 1. The molecule has 0 spiro atoms. The lowest BCUT2D eigenvalue weighted by atomic mass is 10.1. The highest BCUT2D eigenvalue weighted by Gasteiger charge is 2.19. The van der Waals surface area contributed by atoms with Crippen LogP contribution in [0.3, 0.4) is 0 Å². The molecule has 1 aromatic carbocycles. The average molecular weight is 270 g/mol. The van der Waals surface area contributed by atoms with Gasteiger partial charge in [0, 0.05) is 32.0 Å². The van der Waals surface area contributed by atoms with Gasteiger partial charge in [-0.3, -0.25) is 0 Å². The van der Waals surface area contributed by atoms with Crippen molar-refractivity contribution in [2.24, 2.45) is 5.14 Å². The highest BCUT2D eigenvalue weighted by molar-refractivity contribution is 7.89. The predicted octanol–water partition coefficient (Wildman–Crippen LogP) is 0.949. The van der Waals surface area contributed by atoms with E-state index in [1.54, 1.807) is 24.3 Å². The lowest BCUT2D eigenvalue weighted by Crippen LogP contribution is -2.36. The minimum atomic E-state index is -3.61. The van der Waals surface area contributed by atoms with Crippen LogP contribution in [0.25, 0.3) is 0 Å². The van der Waals surface area contributed by atoms with Crippen molar-refractivity contribution in [1.29, 1.82) is 0 Å². The Kier molecular flexibility index (Phi) is 3.89. The van der Waals surface area contributed by atoms with Gasteiger partial charge in [0.1, 0.15) is 0 Å². The van der Waals surface area contributed by atoms with Crippen LogP contribution in [-0.4, -0.2) is 34.7 Å². The number of anilines is 1. The van der Waals surface area contributed by atoms with E-state index >= 15 is 0 Å². The first-order valence-corrected chi connectivity index (χ1v) is 7.46. The van der Waals surface area contributed by atoms with E-state index < -0.39 is 10.0 Å². The van der Waals surface area contributed by atoms with Crippen LogP contribution >= 0.6 is 0 Å². The zero-order valence-corrected chi connectivity index (χ0v) is 11.2. The molecule has 1 fully saturated rings. The number of sulfonamides is 1. The molecule has 0 aliphatic carbocycles. The fourth-order valence-corrected chi connectivity index (χ4v) is 2.67. The van der Waals surface area contributed by atoms with E-state index in [0.717, 1.165) is 31.7 Å². The third-order valence-corrected chi connectivity index (χ3v) is 4.24. The van der Waals surface area contributed by atoms with Crippen molar-refractivity contribution in [2.75, 3.05) is 25.2 Å². The van der Waals surface area contributed by atoms with Gasteiger partial charge in [-0.1, -0.05) is 0 Å². The van der Waals surface area contributed by atoms with Gasteiger partial charge in [-0.15, -0.1) is 0 Å². The summed E-state index contributed by atoms with van der Waals surface area (Å²) in [6.07, 6.45) is 1.99. The first-order chi connectivity index (χ1) is 8.48. The smallest absolute Gasteiger partial charge is 0.238 e. The summed E-state index contributed by atoms with van der Waals surface area (Å²) in [6.45, 7) is 1.56. The topological polar surface area (TPSA) is 72.6 Å². The number of rotatable bonds is 3. The van der Waals surface area contributed by atoms with Gasteiger partial charge in [-0.2, -0.15) is 0 Å². The molecule has 2 rings (SSSR count). The summed E-state index contributed by atoms with van der Waals surface area (Å²) in [6, 6.07) is 7.10. The van der Waals surface area contributed by atoms with Crippen molar-refractivity contribution < 1.29 is 13.2 Å². The van der Waals surface area contributed by atoms with Gasteiger partial charge in [0.2, 0.25) is 10.0 Å². The summed E-state index contributed by atoms with van der Waals surface area (Å²) >= 11 is 0. The van der Waals surface area contributed by atoms with Crippen LogP contribution in [0.1, 0.15) is 12.8 Å². The lowest BCUT2D eigenvalue weighted by molar-refractivity contribution is 0.0855. The molecule has 1 aromatic rings. The van der Waals surface area contributed by atoms with E-state index in [1.807, 2.05) is 7.05 Å². The molecule has 1 aliphatic rings. The van der Waals surface area contributed by atoms with Crippen LogP contribution in [0.4, 0.5) is 5.69 Å². The Labute approximate surface area is 108 Å². The van der Waals surface area contributed by atoms with Crippen molar-refractivity contribution in [1.82, 2.24) is 0 Å². The van der Waals surface area contributed by atoms with Crippen LogP contribution in [0, 0.1) is 0 Å². The van der Waals surface area contributed by atoms with Gasteiger partial charge < -0.3 is 9.64 Å². The number of hydrogen-bond donors (Lipinski definition) is 1. The first kappa shape index (κ1) is 13.3. The van der Waals surface area contributed by atoms with Crippen molar-refractivity contribution in [3.63, 3.8) is 0 Å². The first-order valence-electron chi connectivity index (χ1n) is 5.92. The van der Waals surface area contributed by atoms with Crippen LogP contribution in [-0.2, 0) is 14.8 Å². The van der Waals surface area contributed by atoms with Gasteiger partial charge in [0.25, 0.3) is 0 Å². The molecule has 0 amide bonds. The quantitative estimate of drug-likeness (QED) is 0.887. The van der Waals surface area contributed by atoms with Crippen LogP contribution in [0.15, 0.2) is 29.2 Å². The highest BCUT2D eigenvalue weighted by atomic mass is 32.2. The molecule has 1 aliphatic heterocycles. The SMILES string of the molecule is CN(c1ccc(S(N)(=O)=O)cc1)C1CCOCC1. The van der Waals surface area contributed by atoms with E-state index in [1.165, 1.54) is 0 Å². The normalized spacial score (nSPS) is 17.7. The molecule has 1 saturated heterocycles.